The van der Waals surface area contributed by atoms with Gasteiger partial charge in [0.25, 0.3) is 0 Å². The molecule has 0 saturated carbocycles. The second-order valence-electron chi connectivity index (χ2n) is 6.80. The number of rotatable bonds is 6. The van der Waals surface area contributed by atoms with Gasteiger partial charge in [-0.3, -0.25) is 0 Å². The number of carbonyl (C=O) groups is 2. The highest BCUT2D eigenvalue weighted by atomic mass is 16.5. The van der Waals surface area contributed by atoms with Crippen LogP contribution < -0.4 is 5.32 Å². The van der Waals surface area contributed by atoms with E-state index in [1.807, 2.05) is 34.9 Å². The molecule has 0 saturated heterocycles. The first-order valence-electron chi connectivity index (χ1n) is 8.73. The summed E-state index contributed by atoms with van der Waals surface area (Å²) in [5.41, 5.74) is 1.43. The molecule has 138 valence electrons. The van der Waals surface area contributed by atoms with Crippen LogP contribution in [0, 0.1) is 0 Å². The molecular weight excluding hydrogens is 334 g/mol. The monoisotopic (exact) mass is 357 g/mol. The van der Waals surface area contributed by atoms with Gasteiger partial charge in [-0.25, -0.2) is 14.6 Å². The molecule has 1 unspecified atom stereocenters. The Labute approximate surface area is 152 Å². The van der Waals surface area contributed by atoms with Crippen molar-refractivity contribution in [3.63, 3.8) is 0 Å². The van der Waals surface area contributed by atoms with Crippen LogP contribution in [0.15, 0.2) is 36.7 Å². The van der Waals surface area contributed by atoms with Crippen LogP contribution in [0.1, 0.15) is 36.7 Å². The highest BCUT2D eigenvalue weighted by Crippen LogP contribution is 2.22. The molecule has 0 aliphatic heterocycles. The first kappa shape index (κ1) is 18.0. The number of nitrogens with one attached hydrogen (secondary N) is 1. The number of hydrogen-bond donors (Lipinski definition) is 2. The molecule has 0 spiro atoms. The van der Waals surface area contributed by atoms with E-state index in [1.165, 1.54) is 6.92 Å². The zero-order chi connectivity index (χ0) is 18.6. The highest BCUT2D eigenvalue weighted by Gasteiger charge is 2.37. The van der Waals surface area contributed by atoms with Crippen LogP contribution in [0.25, 0.3) is 0 Å². The van der Waals surface area contributed by atoms with Crippen LogP contribution >= 0.6 is 0 Å². The molecule has 2 N–H and O–H groups in total. The predicted octanol–water partition coefficient (Wildman–Crippen LogP) is 2.53. The molecule has 3 rings (SSSR count). The molecule has 1 atom stereocenters. The summed E-state index contributed by atoms with van der Waals surface area (Å²) >= 11 is 0. The van der Waals surface area contributed by atoms with E-state index in [0.717, 1.165) is 42.6 Å². The lowest BCUT2D eigenvalue weighted by Crippen LogP contribution is -2.55. The molecule has 26 heavy (non-hydrogen) atoms. The molecule has 1 aromatic heterocycles. The van der Waals surface area contributed by atoms with Gasteiger partial charge in [0.2, 0.25) is 0 Å². The minimum absolute atomic E-state index is 0.0862. The first-order valence-corrected chi connectivity index (χ1v) is 8.73. The Balaban J connectivity index is 1.66. The lowest BCUT2D eigenvalue weighted by molar-refractivity contribution is -0.144. The Bertz CT molecular complexity index is 787. The van der Waals surface area contributed by atoms with Crippen molar-refractivity contribution < 1.29 is 19.4 Å². The molecule has 7 nitrogen and oxygen atoms in total. The third-order valence-corrected chi connectivity index (χ3v) is 4.66. The number of carboxylic acid groups (broad SMARTS) is 1. The van der Waals surface area contributed by atoms with Crippen LogP contribution in [0.3, 0.4) is 0 Å². The standard InChI is InChI=1S/C19H23N3O4/c1-19(17(23)24,12-22-13-20-15-9-5-6-10-16(15)22)21-18(25)26-11-14-7-3-2-4-8-14/h2-4,7-8,13H,5-6,9-12H2,1H3,(H,21,25)(H,23,24). The van der Waals surface area contributed by atoms with E-state index in [-0.39, 0.29) is 13.2 Å². The number of amides is 1. The van der Waals surface area contributed by atoms with Gasteiger partial charge in [0.15, 0.2) is 5.54 Å². The number of benzene rings is 1. The van der Waals surface area contributed by atoms with Gasteiger partial charge in [-0.05, 0) is 38.2 Å². The molecule has 7 heteroatoms. The summed E-state index contributed by atoms with van der Waals surface area (Å²) in [6.45, 7) is 1.67. The normalized spacial score (nSPS) is 15.6. The SMILES string of the molecule is CC(Cn1cnc2c1CCCC2)(NC(=O)OCc1ccccc1)C(=O)O. The Morgan fingerprint density at radius 2 is 2.00 bits per heavy atom. The van der Waals surface area contributed by atoms with Gasteiger partial charge in [-0.1, -0.05) is 30.3 Å². The van der Waals surface area contributed by atoms with E-state index in [1.54, 1.807) is 6.33 Å². The van der Waals surface area contributed by atoms with Crippen molar-refractivity contribution >= 4 is 12.1 Å². The van der Waals surface area contributed by atoms with E-state index in [0.29, 0.717) is 0 Å². The van der Waals surface area contributed by atoms with Crippen molar-refractivity contribution in [3.05, 3.63) is 53.6 Å². The number of carbonyl (C=O) groups excluding carboxylic acids is 1. The summed E-state index contributed by atoms with van der Waals surface area (Å²) < 4.78 is 7.00. The summed E-state index contributed by atoms with van der Waals surface area (Å²) in [5, 5.41) is 12.2. The Hall–Kier alpha value is -2.83. The van der Waals surface area contributed by atoms with E-state index >= 15 is 0 Å². The maximum absolute atomic E-state index is 12.1. The second-order valence-corrected chi connectivity index (χ2v) is 6.80. The lowest BCUT2D eigenvalue weighted by atomic mass is 9.99. The fourth-order valence-corrected chi connectivity index (χ4v) is 3.15. The van der Waals surface area contributed by atoms with E-state index < -0.39 is 17.6 Å². The van der Waals surface area contributed by atoms with Gasteiger partial charge in [-0.15, -0.1) is 0 Å². The number of aromatic nitrogens is 2. The summed E-state index contributed by atoms with van der Waals surface area (Å²) in [6, 6.07) is 9.24. The van der Waals surface area contributed by atoms with Crippen molar-refractivity contribution in [2.24, 2.45) is 0 Å². The maximum Gasteiger partial charge on any atom is 0.408 e. The molecule has 1 aliphatic carbocycles. The zero-order valence-corrected chi connectivity index (χ0v) is 14.8. The molecule has 0 fully saturated rings. The molecule has 1 aliphatic rings. The lowest BCUT2D eigenvalue weighted by Gasteiger charge is -2.27. The molecule has 1 aromatic carbocycles. The molecule has 0 bridgehead atoms. The van der Waals surface area contributed by atoms with Crippen molar-refractivity contribution in [2.75, 3.05) is 0 Å². The van der Waals surface area contributed by atoms with Gasteiger partial charge in [-0.2, -0.15) is 0 Å². The minimum atomic E-state index is -1.49. The summed E-state index contributed by atoms with van der Waals surface area (Å²) in [6.07, 6.45) is 4.86. The second kappa shape index (κ2) is 7.59. The Kier molecular flexibility index (Phi) is 5.25. The third kappa shape index (κ3) is 4.04. The number of ether oxygens (including phenoxy) is 1. The minimum Gasteiger partial charge on any atom is -0.479 e. The smallest absolute Gasteiger partial charge is 0.408 e. The van der Waals surface area contributed by atoms with Crippen molar-refractivity contribution in [1.82, 2.24) is 14.9 Å². The highest BCUT2D eigenvalue weighted by molar-refractivity contribution is 5.83. The summed E-state index contributed by atoms with van der Waals surface area (Å²) in [5.74, 6) is -1.12. The largest absolute Gasteiger partial charge is 0.479 e. The fourth-order valence-electron chi connectivity index (χ4n) is 3.15. The predicted molar refractivity (Wildman–Crippen MR) is 94.7 cm³/mol. The first-order chi connectivity index (χ1) is 12.5. The molecular formula is C19H23N3O4. The average Bonchev–Trinajstić information content (AvgIpc) is 3.03. The Morgan fingerprint density at radius 1 is 1.27 bits per heavy atom. The number of imidazole rings is 1. The number of carboxylic acids is 1. The summed E-state index contributed by atoms with van der Waals surface area (Å²) in [4.78, 5) is 28.3. The zero-order valence-electron chi connectivity index (χ0n) is 14.8. The number of alkyl carbamates (subject to hydrolysis) is 1. The van der Waals surface area contributed by atoms with Crippen molar-refractivity contribution in [3.8, 4) is 0 Å². The van der Waals surface area contributed by atoms with Gasteiger partial charge in [0.1, 0.15) is 6.61 Å². The van der Waals surface area contributed by atoms with Gasteiger partial charge >= 0.3 is 12.1 Å². The molecule has 0 radical (unpaired) electrons. The molecule has 1 amide bonds. The maximum atomic E-state index is 12.1. The van der Waals surface area contributed by atoms with E-state index in [9.17, 15) is 14.7 Å². The van der Waals surface area contributed by atoms with Gasteiger partial charge < -0.3 is 19.7 Å². The van der Waals surface area contributed by atoms with Crippen LogP contribution in [0.5, 0.6) is 0 Å². The number of aliphatic carboxylic acids is 1. The molecule has 1 heterocycles. The van der Waals surface area contributed by atoms with Crippen molar-refractivity contribution in [2.45, 2.75) is 51.3 Å². The average molecular weight is 357 g/mol. The number of fused-ring (bicyclic) bond motifs is 1. The summed E-state index contributed by atoms with van der Waals surface area (Å²) in [7, 11) is 0. The van der Waals surface area contributed by atoms with Crippen LogP contribution in [0.4, 0.5) is 4.79 Å². The quantitative estimate of drug-likeness (QED) is 0.829. The van der Waals surface area contributed by atoms with E-state index in [2.05, 4.69) is 10.3 Å². The third-order valence-electron chi connectivity index (χ3n) is 4.66. The fraction of sp³-hybridized carbons (Fsp3) is 0.421. The Morgan fingerprint density at radius 3 is 2.73 bits per heavy atom. The topological polar surface area (TPSA) is 93.5 Å². The number of nitrogens with zero attached hydrogens (tertiary/aromatic N) is 2. The van der Waals surface area contributed by atoms with Crippen LogP contribution in [0.2, 0.25) is 0 Å². The van der Waals surface area contributed by atoms with Gasteiger partial charge in [0.05, 0.1) is 18.6 Å². The van der Waals surface area contributed by atoms with Crippen LogP contribution in [-0.4, -0.2) is 32.3 Å². The van der Waals surface area contributed by atoms with E-state index in [4.69, 9.17) is 4.74 Å². The van der Waals surface area contributed by atoms with Crippen LogP contribution in [-0.2, 0) is 35.5 Å². The van der Waals surface area contributed by atoms with Crippen molar-refractivity contribution in [1.29, 1.82) is 0 Å². The number of hydrogen-bond acceptors (Lipinski definition) is 4. The van der Waals surface area contributed by atoms with Gasteiger partial charge in [0, 0.05) is 5.69 Å². The number of aryl methyl sites for hydroxylation is 1. The molecule has 2 aromatic rings.